The molecule has 0 heterocycles. The van der Waals surface area contributed by atoms with E-state index >= 15 is 0 Å². The quantitative estimate of drug-likeness (QED) is 0.388. The number of rotatable bonds is 0. The van der Waals surface area contributed by atoms with E-state index in [-0.39, 0.29) is 0 Å². The van der Waals surface area contributed by atoms with Crippen molar-refractivity contribution < 1.29 is 0 Å². The van der Waals surface area contributed by atoms with Gasteiger partial charge in [-0.25, -0.2) is 0 Å². The van der Waals surface area contributed by atoms with Crippen molar-refractivity contribution in [3.63, 3.8) is 0 Å². The van der Waals surface area contributed by atoms with Gasteiger partial charge in [0.15, 0.2) is 0 Å². The number of benzene rings is 3. The zero-order valence-electron chi connectivity index (χ0n) is 9.77. The van der Waals surface area contributed by atoms with Crippen molar-refractivity contribution in [1.29, 1.82) is 0 Å². The van der Waals surface area contributed by atoms with E-state index in [2.05, 4.69) is 54.5 Å². The monoisotopic (exact) mass is 226 g/mol. The summed E-state index contributed by atoms with van der Waals surface area (Å²) in [6, 6.07) is 19.1. The zero-order chi connectivity index (χ0) is 12.1. The molecule has 1 aliphatic carbocycles. The van der Waals surface area contributed by atoms with Gasteiger partial charge in [0.05, 0.1) is 0 Å². The summed E-state index contributed by atoms with van der Waals surface area (Å²) in [5.74, 6) is 2.78. The summed E-state index contributed by atoms with van der Waals surface area (Å²) in [5.41, 5.74) is 6.20. The smallest absolute Gasteiger partial charge is 0.0321 e. The van der Waals surface area contributed by atoms with Crippen LogP contribution in [0.4, 0.5) is 0 Å². The minimum atomic E-state index is 0.975. The van der Waals surface area contributed by atoms with Gasteiger partial charge in [0, 0.05) is 5.56 Å². The van der Waals surface area contributed by atoms with Crippen LogP contribution in [0.1, 0.15) is 5.56 Å². The molecule has 3 aromatic carbocycles. The number of hydrogen-bond acceptors (Lipinski definition) is 0. The highest BCUT2D eigenvalue weighted by Gasteiger charge is 2.20. The molecule has 0 amide bonds. The highest BCUT2D eigenvalue weighted by Crippen LogP contribution is 2.47. The van der Waals surface area contributed by atoms with E-state index in [0.717, 1.165) is 5.56 Å². The van der Waals surface area contributed by atoms with Crippen molar-refractivity contribution in [2.75, 3.05) is 0 Å². The van der Waals surface area contributed by atoms with Crippen LogP contribution in [0.25, 0.3) is 33.0 Å². The largest absolute Gasteiger partial charge is 0.115 e. The van der Waals surface area contributed by atoms with Gasteiger partial charge < -0.3 is 0 Å². The van der Waals surface area contributed by atoms with Gasteiger partial charge in [-0.05, 0) is 39.1 Å². The van der Waals surface area contributed by atoms with Gasteiger partial charge in [-0.1, -0.05) is 54.5 Å². The average Bonchev–Trinajstić information content (AvgIpc) is 2.77. The fourth-order valence-electron chi connectivity index (χ4n) is 2.93. The second kappa shape index (κ2) is 3.24. The third-order valence-electron chi connectivity index (χ3n) is 3.70. The summed E-state index contributed by atoms with van der Waals surface area (Å²) >= 11 is 0. The van der Waals surface area contributed by atoms with E-state index in [9.17, 15) is 0 Å². The van der Waals surface area contributed by atoms with Crippen molar-refractivity contribution in [1.82, 2.24) is 0 Å². The lowest BCUT2D eigenvalue weighted by Gasteiger charge is -2.04. The Hall–Kier alpha value is -2.52. The van der Waals surface area contributed by atoms with E-state index < -0.39 is 0 Å². The molecule has 0 aromatic heterocycles. The molecule has 1 aliphatic rings. The van der Waals surface area contributed by atoms with Crippen LogP contribution in [0.2, 0.25) is 0 Å². The lowest BCUT2D eigenvalue weighted by molar-refractivity contribution is 1.69. The van der Waals surface area contributed by atoms with E-state index in [1.807, 2.05) is 6.07 Å². The zero-order valence-corrected chi connectivity index (χ0v) is 9.77. The Morgan fingerprint density at radius 1 is 0.667 bits per heavy atom. The summed E-state index contributed by atoms with van der Waals surface area (Å²) in [4.78, 5) is 0. The van der Waals surface area contributed by atoms with Crippen LogP contribution in [0.5, 0.6) is 0 Å². The third-order valence-corrected chi connectivity index (χ3v) is 3.70. The molecule has 0 aliphatic heterocycles. The van der Waals surface area contributed by atoms with Crippen molar-refractivity contribution in [3.05, 3.63) is 60.2 Å². The van der Waals surface area contributed by atoms with Gasteiger partial charge in [0.25, 0.3) is 0 Å². The molecule has 0 saturated carbocycles. The highest BCUT2D eigenvalue weighted by atomic mass is 14.2. The van der Waals surface area contributed by atoms with Crippen LogP contribution in [-0.4, -0.2) is 0 Å². The Balaban J connectivity index is 2.28. The van der Waals surface area contributed by atoms with Gasteiger partial charge >= 0.3 is 0 Å². The Bertz CT molecular complexity index is 803. The van der Waals surface area contributed by atoms with Gasteiger partial charge in [0.2, 0.25) is 0 Å². The van der Waals surface area contributed by atoms with Crippen molar-refractivity contribution in [2.45, 2.75) is 0 Å². The summed E-state index contributed by atoms with van der Waals surface area (Å²) < 4.78 is 0. The molecule has 0 nitrogen and oxygen atoms in total. The van der Waals surface area contributed by atoms with Gasteiger partial charge in [-0.15, -0.1) is 6.42 Å². The van der Waals surface area contributed by atoms with Crippen molar-refractivity contribution in [3.8, 4) is 34.6 Å². The van der Waals surface area contributed by atoms with Crippen LogP contribution >= 0.6 is 0 Å². The second-order valence-electron chi connectivity index (χ2n) is 4.58. The topological polar surface area (TPSA) is 0 Å². The van der Waals surface area contributed by atoms with Gasteiger partial charge in [-0.2, -0.15) is 0 Å². The molecule has 18 heavy (non-hydrogen) atoms. The molecular weight excluding hydrogens is 216 g/mol. The number of hydrogen-bond donors (Lipinski definition) is 0. The predicted molar refractivity (Wildman–Crippen MR) is 76.3 cm³/mol. The Labute approximate surface area is 106 Å². The standard InChI is InChI=1S/C18H10/c1-2-12-10-11-17-15-7-4-3-6-14(15)16-9-5-8-13(12)18(16)17/h1,3-11H. The molecule has 4 rings (SSSR count). The van der Waals surface area contributed by atoms with Crippen molar-refractivity contribution >= 4 is 10.8 Å². The summed E-state index contributed by atoms with van der Waals surface area (Å²) in [6.45, 7) is 0. The van der Waals surface area contributed by atoms with E-state index in [4.69, 9.17) is 6.42 Å². The first-order valence-electron chi connectivity index (χ1n) is 6.02. The maximum atomic E-state index is 5.59. The maximum absolute atomic E-state index is 5.59. The molecule has 0 unspecified atom stereocenters. The first kappa shape index (κ1) is 9.50. The third kappa shape index (κ3) is 1.02. The molecule has 0 atom stereocenters. The average molecular weight is 226 g/mol. The molecule has 0 bridgehead atoms. The number of terminal acetylenes is 1. The Kier molecular flexibility index (Phi) is 1.71. The van der Waals surface area contributed by atoms with Gasteiger partial charge in [0.1, 0.15) is 0 Å². The highest BCUT2D eigenvalue weighted by molar-refractivity contribution is 6.16. The fraction of sp³-hybridized carbons (Fsp3) is 0. The van der Waals surface area contributed by atoms with Crippen molar-refractivity contribution in [2.24, 2.45) is 0 Å². The Morgan fingerprint density at radius 2 is 1.33 bits per heavy atom. The maximum Gasteiger partial charge on any atom is 0.0321 e. The summed E-state index contributed by atoms with van der Waals surface area (Å²) in [5, 5.41) is 2.48. The lowest BCUT2D eigenvalue weighted by Crippen LogP contribution is -1.81. The minimum Gasteiger partial charge on any atom is -0.115 e. The van der Waals surface area contributed by atoms with Crippen LogP contribution in [0.3, 0.4) is 0 Å². The molecule has 0 heteroatoms. The first-order chi connectivity index (χ1) is 8.90. The molecule has 0 fully saturated rings. The fourth-order valence-corrected chi connectivity index (χ4v) is 2.93. The number of fused-ring (bicyclic) bond motifs is 3. The molecule has 0 N–H and O–H groups in total. The second-order valence-corrected chi connectivity index (χ2v) is 4.58. The molecular formula is C18H10. The molecule has 82 valence electrons. The molecule has 0 saturated heterocycles. The normalized spacial score (nSPS) is 11.3. The van der Waals surface area contributed by atoms with Gasteiger partial charge in [-0.3, -0.25) is 0 Å². The first-order valence-corrected chi connectivity index (χ1v) is 6.02. The Morgan fingerprint density at radius 3 is 2.06 bits per heavy atom. The predicted octanol–water partition coefficient (Wildman–Crippen LogP) is 4.47. The van der Waals surface area contributed by atoms with E-state index in [1.165, 1.54) is 33.0 Å². The lowest BCUT2D eigenvalue weighted by atomic mass is 9.99. The van der Waals surface area contributed by atoms with Crippen LogP contribution in [0.15, 0.2) is 54.6 Å². The summed E-state index contributed by atoms with van der Waals surface area (Å²) in [7, 11) is 0. The van der Waals surface area contributed by atoms with Crippen LogP contribution in [-0.2, 0) is 0 Å². The van der Waals surface area contributed by atoms with E-state index in [0.29, 0.717) is 0 Å². The minimum absolute atomic E-state index is 0.975. The van der Waals surface area contributed by atoms with Crippen LogP contribution < -0.4 is 0 Å². The van der Waals surface area contributed by atoms with E-state index in [1.54, 1.807) is 0 Å². The molecule has 0 radical (unpaired) electrons. The summed E-state index contributed by atoms with van der Waals surface area (Å²) in [6.07, 6.45) is 5.59. The molecule has 3 aromatic rings. The SMILES string of the molecule is C#Cc1ccc2c3c(cccc13)-c1ccccc1-2. The molecule has 0 spiro atoms. The van der Waals surface area contributed by atoms with Crippen LogP contribution in [0, 0.1) is 12.3 Å².